The standard InChI is InChI=1S/C15H19BGeO2/c1-17(2,3)15-11-7-5-9-13(15)12-8-4-6-10-14(12)16(18)19/h4-11,18-19H,1-3H3. The van der Waals surface area contributed by atoms with E-state index in [1.54, 1.807) is 6.07 Å². The monoisotopic (exact) mass is 316 g/mol. The van der Waals surface area contributed by atoms with Gasteiger partial charge in [0.1, 0.15) is 0 Å². The van der Waals surface area contributed by atoms with Crippen molar-refractivity contribution in [3.8, 4) is 11.1 Å². The molecule has 0 saturated carbocycles. The number of benzene rings is 2. The van der Waals surface area contributed by atoms with Crippen molar-refractivity contribution >= 4 is 30.2 Å². The summed E-state index contributed by atoms with van der Waals surface area (Å²) >= 11 is -2.00. The molecule has 2 aromatic rings. The van der Waals surface area contributed by atoms with Crippen molar-refractivity contribution in [2.45, 2.75) is 17.3 Å². The first-order valence-electron chi connectivity index (χ1n) is 6.46. The van der Waals surface area contributed by atoms with Crippen LogP contribution >= 0.6 is 0 Å². The van der Waals surface area contributed by atoms with Gasteiger partial charge in [0.15, 0.2) is 0 Å². The summed E-state index contributed by atoms with van der Waals surface area (Å²) in [6, 6.07) is 15.8. The van der Waals surface area contributed by atoms with Crippen LogP contribution in [0.5, 0.6) is 0 Å². The van der Waals surface area contributed by atoms with E-state index in [4.69, 9.17) is 0 Å². The minimum absolute atomic E-state index is 0.571. The molecule has 0 fully saturated rings. The van der Waals surface area contributed by atoms with Crippen LogP contribution < -0.4 is 9.86 Å². The molecule has 0 aliphatic rings. The molecule has 0 aromatic heterocycles. The Bertz CT molecular complexity index is 576. The summed E-state index contributed by atoms with van der Waals surface area (Å²) in [5.74, 6) is 7.03. The van der Waals surface area contributed by atoms with Gasteiger partial charge in [-0.3, -0.25) is 0 Å². The quantitative estimate of drug-likeness (QED) is 0.845. The molecule has 0 aliphatic heterocycles. The molecule has 19 heavy (non-hydrogen) atoms. The van der Waals surface area contributed by atoms with Crippen LogP contribution in [0, 0.1) is 0 Å². The average Bonchev–Trinajstić information content (AvgIpc) is 2.37. The van der Waals surface area contributed by atoms with Gasteiger partial charge in [-0.1, -0.05) is 0 Å². The molecular formula is C15H19BGeO2. The predicted molar refractivity (Wildman–Crippen MR) is 84.7 cm³/mol. The first-order valence-corrected chi connectivity index (χ1v) is 13.8. The van der Waals surface area contributed by atoms with Crippen molar-refractivity contribution < 1.29 is 10.0 Å². The molecule has 2 rings (SSSR count). The zero-order valence-electron chi connectivity index (χ0n) is 11.6. The molecular weight excluding hydrogens is 296 g/mol. The van der Waals surface area contributed by atoms with Crippen molar-refractivity contribution in [2.24, 2.45) is 0 Å². The van der Waals surface area contributed by atoms with Crippen LogP contribution in [0.4, 0.5) is 0 Å². The normalized spacial score (nSPS) is 11.4. The van der Waals surface area contributed by atoms with Gasteiger partial charge < -0.3 is 0 Å². The summed E-state index contributed by atoms with van der Waals surface area (Å²) in [5.41, 5.74) is 2.63. The molecule has 0 aliphatic carbocycles. The van der Waals surface area contributed by atoms with E-state index in [-0.39, 0.29) is 0 Å². The van der Waals surface area contributed by atoms with Crippen LogP contribution in [0.1, 0.15) is 0 Å². The number of rotatable bonds is 3. The maximum absolute atomic E-state index is 9.53. The van der Waals surface area contributed by atoms with Crippen LogP contribution in [0.2, 0.25) is 17.3 Å². The van der Waals surface area contributed by atoms with E-state index in [1.807, 2.05) is 24.3 Å². The van der Waals surface area contributed by atoms with Crippen LogP contribution in [0.3, 0.4) is 0 Å². The molecule has 2 aromatic carbocycles. The van der Waals surface area contributed by atoms with Gasteiger partial charge in [-0.25, -0.2) is 0 Å². The molecule has 0 radical (unpaired) electrons. The van der Waals surface area contributed by atoms with E-state index >= 15 is 0 Å². The van der Waals surface area contributed by atoms with Gasteiger partial charge >= 0.3 is 117 Å². The summed E-state index contributed by atoms with van der Waals surface area (Å²) in [7, 11) is -1.43. The molecule has 2 N–H and O–H groups in total. The van der Waals surface area contributed by atoms with Gasteiger partial charge in [-0.05, 0) is 0 Å². The maximum atomic E-state index is 9.53. The Morgan fingerprint density at radius 1 is 0.789 bits per heavy atom. The molecule has 2 nitrogen and oxygen atoms in total. The third-order valence-corrected chi connectivity index (χ3v) is 7.57. The van der Waals surface area contributed by atoms with Crippen LogP contribution in [-0.4, -0.2) is 30.4 Å². The van der Waals surface area contributed by atoms with Gasteiger partial charge in [-0.15, -0.1) is 0 Å². The van der Waals surface area contributed by atoms with Crippen LogP contribution in [0.25, 0.3) is 11.1 Å². The van der Waals surface area contributed by atoms with Gasteiger partial charge in [0.05, 0.1) is 0 Å². The van der Waals surface area contributed by atoms with Crippen molar-refractivity contribution in [3.63, 3.8) is 0 Å². The van der Waals surface area contributed by atoms with E-state index in [1.165, 1.54) is 4.40 Å². The van der Waals surface area contributed by atoms with Crippen LogP contribution in [0.15, 0.2) is 48.5 Å². The van der Waals surface area contributed by atoms with Gasteiger partial charge in [-0.2, -0.15) is 0 Å². The molecule has 0 bridgehead atoms. The summed E-state index contributed by atoms with van der Waals surface area (Å²) in [6.07, 6.45) is 0. The summed E-state index contributed by atoms with van der Waals surface area (Å²) in [4.78, 5) is 0. The van der Waals surface area contributed by atoms with Crippen molar-refractivity contribution in [3.05, 3.63) is 48.5 Å². The topological polar surface area (TPSA) is 40.5 Å². The summed E-state index contributed by atoms with van der Waals surface area (Å²) < 4.78 is 1.38. The van der Waals surface area contributed by atoms with Crippen molar-refractivity contribution in [1.82, 2.24) is 0 Å². The van der Waals surface area contributed by atoms with E-state index in [9.17, 15) is 10.0 Å². The Morgan fingerprint density at radius 2 is 1.32 bits per heavy atom. The average molecular weight is 315 g/mol. The van der Waals surface area contributed by atoms with Gasteiger partial charge in [0, 0.05) is 0 Å². The number of hydrogen-bond acceptors (Lipinski definition) is 2. The second kappa shape index (κ2) is 5.53. The molecule has 0 amide bonds. The third-order valence-electron chi connectivity index (χ3n) is 3.26. The fraction of sp³-hybridized carbons (Fsp3) is 0.200. The summed E-state index contributed by atoms with van der Waals surface area (Å²) in [6.45, 7) is 0. The van der Waals surface area contributed by atoms with Crippen molar-refractivity contribution in [2.75, 3.05) is 0 Å². The molecule has 0 unspecified atom stereocenters. The molecule has 0 atom stereocenters. The van der Waals surface area contributed by atoms with E-state index < -0.39 is 20.4 Å². The Labute approximate surface area is 117 Å². The third kappa shape index (κ3) is 3.11. The Kier molecular flexibility index (Phi) is 4.19. The van der Waals surface area contributed by atoms with Crippen molar-refractivity contribution in [1.29, 1.82) is 0 Å². The number of hydrogen-bond donors (Lipinski definition) is 2. The fourth-order valence-corrected chi connectivity index (χ4v) is 5.74. The Morgan fingerprint density at radius 3 is 1.89 bits per heavy atom. The minimum atomic E-state index is -2.00. The fourth-order valence-electron chi connectivity index (χ4n) is 2.34. The molecule has 0 saturated heterocycles. The molecule has 0 spiro atoms. The van der Waals surface area contributed by atoms with Gasteiger partial charge in [0.2, 0.25) is 0 Å². The SMILES string of the molecule is [CH3][Ge]([CH3])([CH3])[c]1ccccc1-c1ccccc1B(O)O. The molecule has 0 heterocycles. The Balaban J connectivity index is 2.67. The van der Waals surface area contributed by atoms with E-state index in [0.29, 0.717) is 5.46 Å². The zero-order valence-corrected chi connectivity index (χ0v) is 13.7. The first kappa shape index (κ1) is 14.4. The molecule has 98 valence electrons. The molecule has 4 heteroatoms. The first-order chi connectivity index (χ1) is 8.91. The zero-order chi connectivity index (χ0) is 14.0. The van der Waals surface area contributed by atoms with E-state index in [2.05, 4.69) is 35.5 Å². The van der Waals surface area contributed by atoms with Gasteiger partial charge in [0.25, 0.3) is 0 Å². The summed E-state index contributed by atoms with van der Waals surface area (Å²) in [5, 5.41) is 19.1. The Hall–Kier alpha value is -1.03. The second-order valence-electron chi connectivity index (χ2n) is 5.76. The van der Waals surface area contributed by atoms with Crippen LogP contribution in [-0.2, 0) is 0 Å². The second-order valence-corrected chi connectivity index (χ2v) is 16.3. The predicted octanol–water partition coefficient (Wildman–Crippen LogP) is 1.58. The van der Waals surface area contributed by atoms with E-state index in [0.717, 1.165) is 11.1 Å².